The topological polar surface area (TPSA) is 75.0 Å². The highest BCUT2D eigenvalue weighted by Gasteiger charge is 2.33. The van der Waals surface area contributed by atoms with Crippen LogP contribution in [0.5, 0.6) is 0 Å². The Morgan fingerprint density at radius 3 is 3.05 bits per heavy atom. The molecule has 2 aromatic heterocycles. The van der Waals surface area contributed by atoms with Crippen molar-refractivity contribution in [2.24, 2.45) is 11.7 Å². The van der Waals surface area contributed by atoms with Crippen LogP contribution in [0.15, 0.2) is 23.6 Å². The number of likely N-dealkylation sites (tertiary alicyclic amines) is 1. The number of thiophene rings is 1. The van der Waals surface area contributed by atoms with Crippen LogP contribution in [0, 0.1) is 5.92 Å². The van der Waals surface area contributed by atoms with E-state index in [2.05, 4.69) is 17.1 Å². The molecular formula is C14H19ClN4OS. The predicted octanol–water partition coefficient (Wildman–Crippen LogP) is 2.37. The van der Waals surface area contributed by atoms with Gasteiger partial charge in [-0.15, -0.1) is 23.7 Å². The summed E-state index contributed by atoms with van der Waals surface area (Å²) >= 11 is 1.63. The second-order valence-corrected chi connectivity index (χ2v) is 6.24. The minimum atomic E-state index is -0.00694. The van der Waals surface area contributed by atoms with Gasteiger partial charge in [0.25, 0.3) is 5.91 Å². The van der Waals surface area contributed by atoms with E-state index in [-0.39, 0.29) is 24.4 Å². The first-order valence-electron chi connectivity index (χ1n) is 6.79. The molecule has 3 N–H and O–H groups in total. The lowest BCUT2D eigenvalue weighted by Gasteiger charge is -2.20. The number of H-pyrrole nitrogens is 1. The van der Waals surface area contributed by atoms with Gasteiger partial charge in [0.1, 0.15) is 0 Å². The van der Waals surface area contributed by atoms with Crippen molar-refractivity contribution in [2.75, 3.05) is 13.1 Å². The first kappa shape index (κ1) is 16.0. The molecule has 2 atom stereocenters. The number of amides is 1. The summed E-state index contributed by atoms with van der Waals surface area (Å²) in [4.78, 5) is 15.5. The Labute approximate surface area is 133 Å². The quantitative estimate of drug-likeness (QED) is 0.909. The molecule has 114 valence electrons. The number of aromatic nitrogens is 2. The van der Waals surface area contributed by atoms with Gasteiger partial charge in [-0.3, -0.25) is 9.89 Å². The van der Waals surface area contributed by atoms with Crippen molar-refractivity contribution in [3.63, 3.8) is 0 Å². The molecule has 1 aliphatic rings. The van der Waals surface area contributed by atoms with Crippen molar-refractivity contribution in [1.29, 1.82) is 0 Å². The number of nitrogens with two attached hydrogens (primary N) is 1. The molecule has 21 heavy (non-hydrogen) atoms. The number of hydrogen-bond donors (Lipinski definition) is 2. The molecule has 0 radical (unpaired) electrons. The summed E-state index contributed by atoms with van der Waals surface area (Å²) < 4.78 is 0. The smallest absolute Gasteiger partial charge is 0.274 e. The Morgan fingerprint density at radius 2 is 2.43 bits per heavy atom. The van der Waals surface area contributed by atoms with E-state index in [0.717, 1.165) is 23.5 Å². The van der Waals surface area contributed by atoms with Crippen LogP contribution in [0.3, 0.4) is 0 Å². The van der Waals surface area contributed by atoms with Crippen molar-refractivity contribution in [3.05, 3.63) is 29.3 Å². The standard InChI is InChI=1S/C14H18N4OS.ClH/c1-9-5-10(7-15)8-18(9)14(19)12-6-11(16-17-12)13-3-2-4-20-13;/h2-4,6,9-10H,5,7-8,15H2,1H3,(H,16,17);1H. The van der Waals surface area contributed by atoms with E-state index in [4.69, 9.17) is 5.73 Å². The zero-order valence-electron chi connectivity index (χ0n) is 11.8. The number of halogens is 1. The number of aromatic amines is 1. The van der Waals surface area contributed by atoms with Crippen LogP contribution in [0.25, 0.3) is 10.6 Å². The largest absolute Gasteiger partial charge is 0.334 e. The minimum Gasteiger partial charge on any atom is -0.334 e. The normalized spacial score (nSPS) is 21.3. The van der Waals surface area contributed by atoms with E-state index >= 15 is 0 Å². The molecule has 2 unspecified atom stereocenters. The van der Waals surface area contributed by atoms with Crippen LogP contribution in [-0.2, 0) is 0 Å². The fourth-order valence-electron chi connectivity index (χ4n) is 2.73. The van der Waals surface area contributed by atoms with Gasteiger partial charge in [-0.05, 0) is 43.3 Å². The van der Waals surface area contributed by atoms with Gasteiger partial charge in [0.05, 0.1) is 10.6 Å². The van der Waals surface area contributed by atoms with Crippen LogP contribution < -0.4 is 5.73 Å². The third kappa shape index (κ3) is 3.12. The van der Waals surface area contributed by atoms with Crippen LogP contribution in [0.1, 0.15) is 23.8 Å². The second-order valence-electron chi connectivity index (χ2n) is 5.29. The van der Waals surface area contributed by atoms with Crippen molar-refractivity contribution in [2.45, 2.75) is 19.4 Å². The molecule has 7 heteroatoms. The predicted molar refractivity (Wildman–Crippen MR) is 86.8 cm³/mol. The minimum absolute atomic E-state index is 0. The highest BCUT2D eigenvalue weighted by Crippen LogP contribution is 2.26. The van der Waals surface area contributed by atoms with Gasteiger partial charge in [0, 0.05) is 12.6 Å². The summed E-state index contributed by atoms with van der Waals surface area (Å²) in [7, 11) is 0. The molecule has 0 spiro atoms. The van der Waals surface area contributed by atoms with E-state index in [1.54, 1.807) is 11.3 Å². The van der Waals surface area contributed by atoms with Gasteiger partial charge >= 0.3 is 0 Å². The Balaban J connectivity index is 0.00000161. The molecule has 0 bridgehead atoms. The van der Waals surface area contributed by atoms with Gasteiger partial charge in [0.15, 0.2) is 5.69 Å². The fraction of sp³-hybridized carbons (Fsp3) is 0.429. The summed E-state index contributed by atoms with van der Waals surface area (Å²) in [5.41, 5.74) is 7.09. The molecule has 2 aromatic rings. The molecule has 3 heterocycles. The van der Waals surface area contributed by atoms with Crippen molar-refractivity contribution in [3.8, 4) is 10.6 Å². The zero-order chi connectivity index (χ0) is 14.1. The van der Waals surface area contributed by atoms with Crippen LogP contribution >= 0.6 is 23.7 Å². The first-order chi connectivity index (χ1) is 9.69. The summed E-state index contributed by atoms with van der Waals surface area (Å²) in [5, 5.41) is 9.11. The maximum absolute atomic E-state index is 12.5. The molecule has 1 amide bonds. The Hall–Kier alpha value is -1.37. The maximum atomic E-state index is 12.5. The monoisotopic (exact) mass is 326 g/mol. The fourth-order valence-corrected chi connectivity index (χ4v) is 3.43. The van der Waals surface area contributed by atoms with Gasteiger partial charge in [-0.25, -0.2) is 0 Å². The van der Waals surface area contributed by atoms with Gasteiger partial charge < -0.3 is 10.6 Å². The van der Waals surface area contributed by atoms with Gasteiger partial charge in [0.2, 0.25) is 0 Å². The maximum Gasteiger partial charge on any atom is 0.274 e. The van der Waals surface area contributed by atoms with E-state index < -0.39 is 0 Å². The lowest BCUT2D eigenvalue weighted by molar-refractivity contribution is 0.0737. The second kappa shape index (κ2) is 6.60. The number of rotatable bonds is 3. The van der Waals surface area contributed by atoms with Crippen molar-refractivity contribution >= 4 is 29.7 Å². The third-order valence-corrected chi connectivity index (χ3v) is 4.74. The average molecular weight is 327 g/mol. The van der Waals surface area contributed by atoms with E-state index in [0.29, 0.717) is 18.2 Å². The average Bonchev–Trinajstić information content (AvgIpc) is 3.17. The number of nitrogens with zero attached hydrogens (tertiary/aromatic N) is 2. The lowest BCUT2D eigenvalue weighted by atomic mass is 10.1. The molecular weight excluding hydrogens is 308 g/mol. The Bertz CT molecular complexity index is 598. The molecule has 1 aliphatic heterocycles. The number of nitrogens with one attached hydrogen (secondary N) is 1. The molecule has 0 aliphatic carbocycles. The van der Waals surface area contributed by atoms with E-state index in [9.17, 15) is 4.79 Å². The van der Waals surface area contributed by atoms with Crippen LogP contribution in [-0.4, -0.2) is 40.1 Å². The molecule has 0 saturated carbocycles. The SMILES string of the molecule is CC1CC(CN)CN1C(=O)c1cc(-c2cccs2)[nH]n1.Cl. The van der Waals surface area contributed by atoms with Gasteiger partial charge in [-0.2, -0.15) is 5.10 Å². The van der Waals surface area contributed by atoms with Crippen LogP contribution in [0.4, 0.5) is 0 Å². The zero-order valence-corrected chi connectivity index (χ0v) is 13.4. The first-order valence-corrected chi connectivity index (χ1v) is 7.67. The summed E-state index contributed by atoms with van der Waals surface area (Å²) in [6, 6.07) is 6.06. The van der Waals surface area contributed by atoms with Crippen molar-refractivity contribution in [1.82, 2.24) is 15.1 Å². The van der Waals surface area contributed by atoms with E-state index in [1.165, 1.54) is 0 Å². The number of hydrogen-bond acceptors (Lipinski definition) is 4. The van der Waals surface area contributed by atoms with E-state index in [1.807, 2.05) is 28.5 Å². The molecule has 3 rings (SSSR count). The summed E-state index contributed by atoms with van der Waals surface area (Å²) in [5.74, 6) is 0.400. The lowest BCUT2D eigenvalue weighted by Crippen LogP contribution is -2.34. The highest BCUT2D eigenvalue weighted by atomic mass is 35.5. The Kier molecular flexibility index (Phi) is 5.03. The number of carbonyl (C=O) groups is 1. The molecule has 1 saturated heterocycles. The third-order valence-electron chi connectivity index (χ3n) is 3.84. The van der Waals surface area contributed by atoms with Crippen molar-refractivity contribution < 1.29 is 4.79 Å². The number of carbonyl (C=O) groups excluding carboxylic acids is 1. The molecule has 1 fully saturated rings. The van der Waals surface area contributed by atoms with Crippen LogP contribution in [0.2, 0.25) is 0 Å². The molecule has 5 nitrogen and oxygen atoms in total. The molecule has 0 aromatic carbocycles. The Morgan fingerprint density at radius 1 is 1.62 bits per heavy atom. The van der Waals surface area contributed by atoms with Gasteiger partial charge in [-0.1, -0.05) is 6.07 Å². The summed E-state index contributed by atoms with van der Waals surface area (Å²) in [6.45, 7) is 3.44. The highest BCUT2D eigenvalue weighted by molar-refractivity contribution is 7.13. The summed E-state index contributed by atoms with van der Waals surface area (Å²) in [6.07, 6.45) is 0.977.